The van der Waals surface area contributed by atoms with E-state index in [0.29, 0.717) is 12.2 Å². The first-order valence-electron chi connectivity index (χ1n) is 5.08. The Morgan fingerprint density at radius 1 is 1.33 bits per heavy atom. The van der Waals surface area contributed by atoms with Gasteiger partial charge in [-0.25, -0.2) is 0 Å². The molecule has 0 unspecified atom stereocenters. The second-order valence-electron chi connectivity index (χ2n) is 4.87. The Labute approximate surface area is 91.5 Å². The summed E-state index contributed by atoms with van der Waals surface area (Å²) < 4.78 is 5.57. The molecule has 0 amide bonds. The summed E-state index contributed by atoms with van der Waals surface area (Å²) in [7, 11) is 0. The summed E-state index contributed by atoms with van der Waals surface area (Å²) in [5.41, 5.74) is 1.93. The van der Waals surface area contributed by atoms with Crippen LogP contribution in [0.1, 0.15) is 31.9 Å². The Morgan fingerprint density at radius 2 is 2.07 bits per heavy atom. The van der Waals surface area contributed by atoms with Crippen molar-refractivity contribution >= 4 is 0 Å². The molecule has 1 aromatic carbocycles. The minimum Gasteiger partial charge on any atom is -0.376 e. The zero-order chi connectivity index (χ0) is 11.3. The standard InChI is InChI=1S/C13H17NO/c1-13(2,3)10-15-9-12-6-4-5-11(7-12)8-14/h4-7H,9-10H2,1-3H3. The highest BCUT2D eigenvalue weighted by Gasteiger charge is 2.09. The Hall–Kier alpha value is -1.33. The minimum absolute atomic E-state index is 0.187. The predicted octanol–water partition coefficient (Wildman–Crippen LogP) is 3.12. The monoisotopic (exact) mass is 203 g/mol. The predicted molar refractivity (Wildman–Crippen MR) is 60.3 cm³/mol. The van der Waals surface area contributed by atoms with E-state index >= 15 is 0 Å². The van der Waals surface area contributed by atoms with Crippen LogP contribution in [0, 0.1) is 16.7 Å². The van der Waals surface area contributed by atoms with Crippen molar-refractivity contribution in [3.05, 3.63) is 35.4 Å². The molecule has 15 heavy (non-hydrogen) atoms. The number of rotatable bonds is 3. The summed E-state index contributed by atoms with van der Waals surface area (Å²) in [6, 6.07) is 9.64. The molecule has 0 bridgehead atoms. The van der Waals surface area contributed by atoms with Crippen molar-refractivity contribution < 1.29 is 4.74 Å². The Bertz CT molecular complexity index is 358. The molecule has 0 saturated heterocycles. The van der Waals surface area contributed by atoms with Gasteiger partial charge in [-0.15, -0.1) is 0 Å². The van der Waals surface area contributed by atoms with Crippen LogP contribution in [-0.2, 0) is 11.3 Å². The van der Waals surface area contributed by atoms with E-state index in [1.54, 1.807) is 6.07 Å². The van der Waals surface area contributed by atoms with Crippen molar-refractivity contribution in [2.75, 3.05) is 6.61 Å². The van der Waals surface area contributed by atoms with Crippen molar-refractivity contribution in [2.45, 2.75) is 27.4 Å². The summed E-state index contributed by atoms with van der Waals surface area (Å²) in [6.07, 6.45) is 0. The maximum absolute atomic E-state index is 8.73. The summed E-state index contributed by atoms with van der Waals surface area (Å²) in [6.45, 7) is 7.71. The van der Waals surface area contributed by atoms with Crippen LogP contribution in [0.3, 0.4) is 0 Å². The van der Waals surface area contributed by atoms with Crippen molar-refractivity contribution in [1.82, 2.24) is 0 Å². The first-order chi connectivity index (χ1) is 7.01. The Kier molecular flexibility index (Phi) is 3.88. The quantitative estimate of drug-likeness (QED) is 0.756. The van der Waals surface area contributed by atoms with Gasteiger partial charge in [0.05, 0.1) is 24.8 Å². The number of ether oxygens (including phenoxy) is 1. The zero-order valence-electron chi connectivity index (χ0n) is 9.58. The molecule has 0 fully saturated rings. The molecule has 1 aromatic rings. The van der Waals surface area contributed by atoms with Gasteiger partial charge in [-0.1, -0.05) is 32.9 Å². The highest BCUT2D eigenvalue weighted by molar-refractivity contribution is 5.32. The van der Waals surface area contributed by atoms with Gasteiger partial charge in [-0.05, 0) is 23.1 Å². The molecule has 0 aromatic heterocycles. The number of nitrogens with zero attached hydrogens (tertiary/aromatic N) is 1. The largest absolute Gasteiger partial charge is 0.376 e. The van der Waals surface area contributed by atoms with Crippen LogP contribution in [0.4, 0.5) is 0 Å². The molecule has 1 rings (SSSR count). The van der Waals surface area contributed by atoms with Gasteiger partial charge in [0.1, 0.15) is 0 Å². The molecule has 2 heteroatoms. The second-order valence-corrected chi connectivity index (χ2v) is 4.87. The molecule has 0 N–H and O–H groups in total. The number of benzene rings is 1. The van der Waals surface area contributed by atoms with Gasteiger partial charge in [0, 0.05) is 0 Å². The highest BCUT2D eigenvalue weighted by atomic mass is 16.5. The van der Waals surface area contributed by atoms with Crippen LogP contribution in [0.2, 0.25) is 0 Å². The third-order valence-electron chi connectivity index (χ3n) is 1.86. The van der Waals surface area contributed by atoms with Crippen LogP contribution in [0.15, 0.2) is 24.3 Å². The lowest BCUT2D eigenvalue weighted by Crippen LogP contribution is -2.14. The van der Waals surface area contributed by atoms with E-state index in [1.807, 2.05) is 18.2 Å². The van der Waals surface area contributed by atoms with Crippen molar-refractivity contribution in [3.63, 3.8) is 0 Å². The van der Waals surface area contributed by atoms with E-state index in [9.17, 15) is 0 Å². The Morgan fingerprint density at radius 3 is 2.67 bits per heavy atom. The van der Waals surface area contributed by atoms with Gasteiger partial charge in [0.25, 0.3) is 0 Å². The van der Waals surface area contributed by atoms with E-state index in [1.165, 1.54) is 0 Å². The van der Waals surface area contributed by atoms with Gasteiger partial charge in [-0.2, -0.15) is 5.26 Å². The van der Waals surface area contributed by atoms with Crippen LogP contribution in [-0.4, -0.2) is 6.61 Å². The first-order valence-corrected chi connectivity index (χ1v) is 5.08. The second kappa shape index (κ2) is 4.95. The molecule has 0 aliphatic heterocycles. The molecule has 0 aliphatic carbocycles. The fraction of sp³-hybridized carbons (Fsp3) is 0.462. The molecule has 2 nitrogen and oxygen atoms in total. The summed E-state index contributed by atoms with van der Waals surface area (Å²) in [5.74, 6) is 0. The summed E-state index contributed by atoms with van der Waals surface area (Å²) in [5, 5.41) is 8.73. The SMILES string of the molecule is CC(C)(C)COCc1cccc(C#N)c1. The van der Waals surface area contributed by atoms with Crippen LogP contribution in [0.5, 0.6) is 0 Å². The lowest BCUT2D eigenvalue weighted by Gasteiger charge is -2.17. The zero-order valence-corrected chi connectivity index (χ0v) is 9.58. The highest BCUT2D eigenvalue weighted by Crippen LogP contribution is 2.14. The molecule has 0 heterocycles. The molecular weight excluding hydrogens is 186 g/mol. The molecule has 0 atom stereocenters. The molecule has 80 valence electrons. The average molecular weight is 203 g/mol. The van der Waals surface area contributed by atoms with E-state index in [-0.39, 0.29) is 5.41 Å². The van der Waals surface area contributed by atoms with Gasteiger partial charge >= 0.3 is 0 Å². The van der Waals surface area contributed by atoms with E-state index in [4.69, 9.17) is 10.00 Å². The van der Waals surface area contributed by atoms with Gasteiger partial charge < -0.3 is 4.74 Å². The summed E-state index contributed by atoms with van der Waals surface area (Å²) in [4.78, 5) is 0. The molecular formula is C13H17NO. The van der Waals surface area contributed by atoms with Crippen LogP contribution in [0.25, 0.3) is 0 Å². The van der Waals surface area contributed by atoms with E-state index in [2.05, 4.69) is 26.8 Å². The smallest absolute Gasteiger partial charge is 0.0991 e. The van der Waals surface area contributed by atoms with Gasteiger partial charge in [0.2, 0.25) is 0 Å². The maximum Gasteiger partial charge on any atom is 0.0991 e. The minimum atomic E-state index is 0.187. The molecule has 0 spiro atoms. The topological polar surface area (TPSA) is 33.0 Å². The van der Waals surface area contributed by atoms with Gasteiger partial charge in [0.15, 0.2) is 0 Å². The fourth-order valence-electron chi connectivity index (χ4n) is 1.21. The number of nitriles is 1. The first kappa shape index (κ1) is 11.7. The lowest BCUT2D eigenvalue weighted by molar-refractivity contribution is 0.0599. The van der Waals surface area contributed by atoms with E-state index in [0.717, 1.165) is 12.2 Å². The van der Waals surface area contributed by atoms with Crippen molar-refractivity contribution in [3.8, 4) is 6.07 Å². The van der Waals surface area contributed by atoms with Gasteiger partial charge in [-0.3, -0.25) is 0 Å². The fourth-order valence-corrected chi connectivity index (χ4v) is 1.21. The Balaban J connectivity index is 2.48. The number of hydrogen-bond donors (Lipinski definition) is 0. The molecule has 0 aliphatic rings. The normalized spacial score (nSPS) is 11.1. The average Bonchev–Trinajstić information content (AvgIpc) is 2.16. The maximum atomic E-state index is 8.73. The van der Waals surface area contributed by atoms with Crippen LogP contribution < -0.4 is 0 Å². The van der Waals surface area contributed by atoms with E-state index < -0.39 is 0 Å². The van der Waals surface area contributed by atoms with Crippen LogP contribution >= 0.6 is 0 Å². The third kappa shape index (κ3) is 4.62. The van der Waals surface area contributed by atoms with Crippen molar-refractivity contribution in [1.29, 1.82) is 5.26 Å². The molecule has 0 saturated carbocycles. The third-order valence-corrected chi connectivity index (χ3v) is 1.86. The molecule has 0 radical (unpaired) electrons. The number of hydrogen-bond acceptors (Lipinski definition) is 2. The van der Waals surface area contributed by atoms with Crippen molar-refractivity contribution in [2.24, 2.45) is 5.41 Å². The summed E-state index contributed by atoms with van der Waals surface area (Å²) >= 11 is 0. The lowest BCUT2D eigenvalue weighted by atomic mass is 9.99.